The molecule has 0 unspecified atom stereocenters. The Balaban J connectivity index is 1.63. The Morgan fingerprint density at radius 3 is 2.89 bits per heavy atom. The van der Waals surface area contributed by atoms with E-state index >= 15 is 0 Å². The van der Waals surface area contributed by atoms with Gasteiger partial charge in [-0.2, -0.15) is 0 Å². The third kappa shape index (κ3) is 4.37. The zero-order valence-electron chi connectivity index (χ0n) is 11.7. The van der Waals surface area contributed by atoms with Crippen LogP contribution in [-0.4, -0.2) is 19.8 Å². The van der Waals surface area contributed by atoms with Gasteiger partial charge in [0.15, 0.2) is 0 Å². The first-order chi connectivity index (χ1) is 9.42. The molecule has 1 aromatic carbocycles. The van der Waals surface area contributed by atoms with E-state index in [1.54, 1.807) is 0 Å². The number of hydrogen-bond donors (Lipinski definition) is 1. The van der Waals surface area contributed by atoms with Crippen LogP contribution in [0.5, 0.6) is 0 Å². The van der Waals surface area contributed by atoms with Gasteiger partial charge in [-0.1, -0.05) is 31.5 Å². The van der Waals surface area contributed by atoms with Crippen molar-refractivity contribution in [2.75, 3.05) is 19.8 Å². The van der Waals surface area contributed by atoms with Crippen LogP contribution in [0.2, 0.25) is 0 Å². The lowest BCUT2D eigenvalue weighted by Crippen LogP contribution is -2.16. The quantitative estimate of drug-likeness (QED) is 0.698. The summed E-state index contributed by atoms with van der Waals surface area (Å²) in [7, 11) is 0. The van der Waals surface area contributed by atoms with Crippen LogP contribution in [0.15, 0.2) is 34.9 Å². The molecule has 1 N–H and O–H groups in total. The lowest BCUT2D eigenvalue weighted by molar-refractivity contribution is 0.129. The molecule has 1 aromatic heterocycles. The first kappa shape index (κ1) is 14.1. The van der Waals surface area contributed by atoms with Gasteiger partial charge in [0, 0.05) is 30.7 Å². The Labute approximate surface area is 114 Å². The van der Waals surface area contributed by atoms with Crippen molar-refractivity contribution in [2.24, 2.45) is 0 Å². The number of nitrogens with one attached hydrogen (secondary N) is 1. The number of furan rings is 1. The monoisotopic (exact) mass is 261 g/mol. The molecule has 0 saturated carbocycles. The molecule has 1 heterocycles. The van der Waals surface area contributed by atoms with Crippen LogP contribution in [0, 0.1) is 0 Å². The molecular formula is C16H23NO2. The fraction of sp³-hybridized carbons (Fsp3) is 0.500. The van der Waals surface area contributed by atoms with Crippen molar-refractivity contribution in [1.29, 1.82) is 0 Å². The molecule has 0 fully saturated rings. The van der Waals surface area contributed by atoms with E-state index in [0.717, 1.165) is 44.7 Å². The highest BCUT2D eigenvalue weighted by atomic mass is 16.5. The van der Waals surface area contributed by atoms with Crippen LogP contribution in [-0.2, 0) is 11.3 Å². The minimum Gasteiger partial charge on any atom is -0.464 e. The maximum Gasteiger partial charge on any atom is 0.134 e. The van der Waals surface area contributed by atoms with E-state index in [4.69, 9.17) is 9.15 Å². The van der Waals surface area contributed by atoms with Gasteiger partial charge in [0.05, 0.1) is 6.26 Å². The van der Waals surface area contributed by atoms with Crippen LogP contribution >= 0.6 is 0 Å². The molecule has 3 heteroatoms. The number of rotatable bonds is 9. The largest absolute Gasteiger partial charge is 0.464 e. The minimum atomic E-state index is 0.846. The van der Waals surface area contributed by atoms with E-state index in [2.05, 4.69) is 18.3 Å². The third-order valence-corrected chi connectivity index (χ3v) is 3.16. The number of fused-ring (bicyclic) bond motifs is 1. The summed E-state index contributed by atoms with van der Waals surface area (Å²) in [6.07, 6.45) is 5.26. The first-order valence-electron chi connectivity index (χ1n) is 7.15. The van der Waals surface area contributed by atoms with E-state index in [1.165, 1.54) is 17.4 Å². The van der Waals surface area contributed by atoms with Crippen molar-refractivity contribution in [3.05, 3.63) is 36.1 Å². The third-order valence-electron chi connectivity index (χ3n) is 3.16. The molecule has 0 aliphatic heterocycles. The van der Waals surface area contributed by atoms with Gasteiger partial charge < -0.3 is 14.5 Å². The van der Waals surface area contributed by atoms with Gasteiger partial charge in [0.2, 0.25) is 0 Å². The molecule has 0 aliphatic carbocycles. The van der Waals surface area contributed by atoms with Gasteiger partial charge in [-0.3, -0.25) is 0 Å². The SMILES string of the molecule is CCCCOCCCNCc1coc2ccccc12. The Hall–Kier alpha value is -1.32. The summed E-state index contributed by atoms with van der Waals surface area (Å²) in [5.41, 5.74) is 2.18. The summed E-state index contributed by atoms with van der Waals surface area (Å²) < 4.78 is 11.0. The lowest BCUT2D eigenvalue weighted by atomic mass is 10.2. The van der Waals surface area contributed by atoms with Crippen LogP contribution in [0.1, 0.15) is 31.7 Å². The second-order valence-corrected chi connectivity index (χ2v) is 4.75. The van der Waals surface area contributed by atoms with E-state index in [-0.39, 0.29) is 0 Å². The van der Waals surface area contributed by atoms with Crippen molar-refractivity contribution in [1.82, 2.24) is 5.32 Å². The molecule has 19 heavy (non-hydrogen) atoms. The molecule has 2 rings (SSSR count). The predicted molar refractivity (Wildman–Crippen MR) is 78.3 cm³/mol. The molecular weight excluding hydrogens is 238 g/mol. The molecule has 0 spiro atoms. The highest BCUT2D eigenvalue weighted by Gasteiger charge is 2.03. The van der Waals surface area contributed by atoms with Gasteiger partial charge in [0.25, 0.3) is 0 Å². The summed E-state index contributed by atoms with van der Waals surface area (Å²) in [5, 5.41) is 4.63. The number of para-hydroxylation sites is 1. The van der Waals surface area contributed by atoms with Crippen LogP contribution < -0.4 is 5.32 Å². The molecule has 0 atom stereocenters. The average molecular weight is 261 g/mol. The van der Waals surface area contributed by atoms with Crippen LogP contribution in [0.25, 0.3) is 11.0 Å². The Morgan fingerprint density at radius 1 is 1.16 bits per heavy atom. The number of hydrogen-bond acceptors (Lipinski definition) is 3. The average Bonchev–Trinajstić information content (AvgIpc) is 2.85. The number of benzene rings is 1. The zero-order chi connectivity index (χ0) is 13.3. The summed E-state index contributed by atoms with van der Waals surface area (Å²) in [5.74, 6) is 0. The molecule has 0 aliphatic rings. The molecule has 3 nitrogen and oxygen atoms in total. The smallest absolute Gasteiger partial charge is 0.134 e. The highest BCUT2D eigenvalue weighted by molar-refractivity contribution is 5.80. The summed E-state index contributed by atoms with van der Waals surface area (Å²) in [6.45, 7) is 5.75. The van der Waals surface area contributed by atoms with E-state index in [1.807, 2.05) is 24.5 Å². The fourth-order valence-electron chi connectivity index (χ4n) is 2.04. The highest BCUT2D eigenvalue weighted by Crippen LogP contribution is 2.20. The van der Waals surface area contributed by atoms with Crippen molar-refractivity contribution in [2.45, 2.75) is 32.7 Å². The van der Waals surface area contributed by atoms with Crippen molar-refractivity contribution >= 4 is 11.0 Å². The van der Waals surface area contributed by atoms with Crippen molar-refractivity contribution in [3.63, 3.8) is 0 Å². The van der Waals surface area contributed by atoms with Gasteiger partial charge in [-0.25, -0.2) is 0 Å². The summed E-state index contributed by atoms with van der Waals surface area (Å²) in [6, 6.07) is 8.14. The standard InChI is InChI=1S/C16H23NO2/c1-2-3-10-18-11-6-9-17-12-14-13-19-16-8-5-4-7-15(14)16/h4-5,7-8,13,17H,2-3,6,9-12H2,1H3. The van der Waals surface area contributed by atoms with Crippen LogP contribution in [0.4, 0.5) is 0 Å². The Kier molecular flexibility index (Phi) is 5.92. The fourth-order valence-corrected chi connectivity index (χ4v) is 2.04. The van der Waals surface area contributed by atoms with Gasteiger partial charge in [-0.05, 0) is 25.5 Å². The van der Waals surface area contributed by atoms with Gasteiger partial charge in [-0.15, -0.1) is 0 Å². The Morgan fingerprint density at radius 2 is 2.00 bits per heavy atom. The van der Waals surface area contributed by atoms with E-state index in [9.17, 15) is 0 Å². The first-order valence-corrected chi connectivity index (χ1v) is 7.15. The normalized spacial score (nSPS) is 11.2. The van der Waals surface area contributed by atoms with Crippen molar-refractivity contribution in [3.8, 4) is 0 Å². The second kappa shape index (κ2) is 7.97. The number of unbranched alkanes of at least 4 members (excludes halogenated alkanes) is 1. The minimum absolute atomic E-state index is 0.846. The van der Waals surface area contributed by atoms with Crippen molar-refractivity contribution < 1.29 is 9.15 Å². The topological polar surface area (TPSA) is 34.4 Å². The van der Waals surface area contributed by atoms with E-state index < -0.39 is 0 Å². The molecule has 0 bridgehead atoms. The maximum atomic E-state index is 5.52. The predicted octanol–water partition coefficient (Wildman–Crippen LogP) is 3.73. The lowest BCUT2D eigenvalue weighted by Gasteiger charge is -2.04. The number of ether oxygens (including phenoxy) is 1. The molecule has 104 valence electrons. The summed E-state index contributed by atoms with van der Waals surface area (Å²) in [4.78, 5) is 0. The Bertz CT molecular complexity index is 478. The summed E-state index contributed by atoms with van der Waals surface area (Å²) >= 11 is 0. The second-order valence-electron chi connectivity index (χ2n) is 4.75. The van der Waals surface area contributed by atoms with Crippen LogP contribution in [0.3, 0.4) is 0 Å². The molecule has 0 radical (unpaired) electrons. The molecule has 0 saturated heterocycles. The van der Waals surface area contributed by atoms with Gasteiger partial charge >= 0.3 is 0 Å². The molecule has 0 amide bonds. The zero-order valence-corrected chi connectivity index (χ0v) is 11.7. The molecule has 2 aromatic rings. The van der Waals surface area contributed by atoms with Gasteiger partial charge in [0.1, 0.15) is 5.58 Å². The maximum absolute atomic E-state index is 5.52. The van der Waals surface area contributed by atoms with E-state index in [0.29, 0.717) is 0 Å².